The average molecular weight is 223 g/mol. The SMILES string of the molecule is CNC(CCC(C)C)Cc1ccc(F)cc1. The van der Waals surface area contributed by atoms with Crippen LogP contribution in [0.25, 0.3) is 0 Å². The van der Waals surface area contributed by atoms with Gasteiger partial charge in [0.2, 0.25) is 0 Å². The summed E-state index contributed by atoms with van der Waals surface area (Å²) in [5.74, 6) is 0.580. The van der Waals surface area contributed by atoms with Crippen molar-refractivity contribution in [2.24, 2.45) is 5.92 Å². The van der Waals surface area contributed by atoms with Crippen molar-refractivity contribution in [1.29, 1.82) is 0 Å². The fraction of sp³-hybridized carbons (Fsp3) is 0.571. The van der Waals surface area contributed by atoms with Crippen LogP contribution in [0.4, 0.5) is 4.39 Å². The summed E-state index contributed by atoms with van der Waals surface area (Å²) in [5, 5.41) is 3.33. The van der Waals surface area contributed by atoms with Crippen LogP contribution in [0.1, 0.15) is 32.3 Å². The van der Waals surface area contributed by atoms with Gasteiger partial charge in [0.05, 0.1) is 0 Å². The lowest BCUT2D eigenvalue weighted by Crippen LogP contribution is -2.27. The average Bonchev–Trinajstić information content (AvgIpc) is 2.26. The molecule has 1 unspecified atom stereocenters. The zero-order valence-electron chi connectivity index (χ0n) is 10.5. The number of benzene rings is 1. The van der Waals surface area contributed by atoms with E-state index in [0.717, 1.165) is 12.3 Å². The highest BCUT2D eigenvalue weighted by Crippen LogP contribution is 2.12. The van der Waals surface area contributed by atoms with E-state index in [2.05, 4.69) is 19.2 Å². The summed E-state index contributed by atoms with van der Waals surface area (Å²) in [6.45, 7) is 4.48. The van der Waals surface area contributed by atoms with Crippen LogP contribution in [-0.2, 0) is 6.42 Å². The Morgan fingerprint density at radius 2 is 1.75 bits per heavy atom. The summed E-state index contributed by atoms with van der Waals surface area (Å²) in [4.78, 5) is 0. The highest BCUT2D eigenvalue weighted by Gasteiger charge is 2.08. The Balaban J connectivity index is 2.46. The second-order valence-corrected chi connectivity index (χ2v) is 4.79. The molecule has 0 bridgehead atoms. The summed E-state index contributed by atoms with van der Waals surface area (Å²) in [5.41, 5.74) is 1.20. The topological polar surface area (TPSA) is 12.0 Å². The predicted molar refractivity (Wildman–Crippen MR) is 67.0 cm³/mol. The van der Waals surface area contributed by atoms with E-state index in [4.69, 9.17) is 0 Å². The third kappa shape index (κ3) is 4.75. The summed E-state index contributed by atoms with van der Waals surface area (Å²) in [6, 6.07) is 7.30. The monoisotopic (exact) mass is 223 g/mol. The molecule has 0 spiro atoms. The second kappa shape index (κ2) is 6.64. The van der Waals surface area contributed by atoms with Gasteiger partial charge >= 0.3 is 0 Å². The van der Waals surface area contributed by atoms with Gasteiger partial charge in [-0.15, -0.1) is 0 Å². The first-order chi connectivity index (χ1) is 7.61. The van der Waals surface area contributed by atoms with Crippen LogP contribution < -0.4 is 5.32 Å². The van der Waals surface area contributed by atoms with E-state index in [1.54, 1.807) is 0 Å². The van der Waals surface area contributed by atoms with Gasteiger partial charge in [0.1, 0.15) is 5.82 Å². The molecule has 2 heteroatoms. The second-order valence-electron chi connectivity index (χ2n) is 4.79. The number of nitrogens with one attached hydrogen (secondary N) is 1. The molecule has 1 aromatic rings. The van der Waals surface area contributed by atoms with E-state index >= 15 is 0 Å². The molecule has 0 aliphatic heterocycles. The Hall–Kier alpha value is -0.890. The van der Waals surface area contributed by atoms with Crippen LogP contribution in [-0.4, -0.2) is 13.1 Å². The summed E-state index contributed by atoms with van der Waals surface area (Å²) >= 11 is 0. The minimum Gasteiger partial charge on any atom is -0.317 e. The molecule has 0 aromatic heterocycles. The largest absolute Gasteiger partial charge is 0.317 e. The van der Waals surface area contributed by atoms with E-state index in [1.807, 2.05) is 19.2 Å². The van der Waals surface area contributed by atoms with E-state index in [9.17, 15) is 4.39 Å². The Labute approximate surface area is 98.1 Å². The van der Waals surface area contributed by atoms with Gasteiger partial charge in [-0.3, -0.25) is 0 Å². The third-order valence-corrected chi connectivity index (χ3v) is 2.90. The van der Waals surface area contributed by atoms with Gasteiger partial charge in [-0.05, 0) is 49.9 Å². The number of hydrogen-bond donors (Lipinski definition) is 1. The van der Waals surface area contributed by atoms with Crippen molar-refractivity contribution in [2.45, 2.75) is 39.2 Å². The van der Waals surface area contributed by atoms with Crippen molar-refractivity contribution >= 4 is 0 Å². The summed E-state index contributed by atoms with van der Waals surface area (Å²) in [7, 11) is 1.99. The highest BCUT2D eigenvalue weighted by atomic mass is 19.1. The standard InChI is InChI=1S/C14H22FN/c1-11(2)4-9-14(16-3)10-12-5-7-13(15)8-6-12/h5-8,11,14,16H,4,9-10H2,1-3H3. The molecule has 1 N–H and O–H groups in total. The Morgan fingerprint density at radius 1 is 1.12 bits per heavy atom. The molecule has 90 valence electrons. The summed E-state index contributed by atoms with van der Waals surface area (Å²) < 4.78 is 12.7. The van der Waals surface area contributed by atoms with E-state index in [1.165, 1.54) is 30.5 Å². The molecule has 1 rings (SSSR count). The molecule has 0 saturated carbocycles. The molecule has 0 fully saturated rings. The maximum absolute atomic E-state index is 12.7. The van der Waals surface area contributed by atoms with Gasteiger partial charge < -0.3 is 5.32 Å². The van der Waals surface area contributed by atoms with Gasteiger partial charge in [-0.1, -0.05) is 26.0 Å². The van der Waals surface area contributed by atoms with Crippen LogP contribution in [0.3, 0.4) is 0 Å². The van der Waals surface area contributed by atoms with E-state index in [0.29, 0.717) is 6.04 Å². The Kier molecular flexibility index (Phi) is 5.47. The minimum absolute atomic E-state index is 0.160. The lowest BCUT2D eigenvalue weighted by molar-refractivity contribution is 0.450. The van der Waals surface area contributed by atoms with Gasteiger partial charge in [-0.25, -0.2) is 4.39 Å². The molecular weight excluding hydrogens is 201 g/mol. The van der Waals surface area contributed by atoms with Crippen molar-refractivity contribution < 1.29 is 4.39 Å². The van der Waals surface area contributed by atoms with Gasteiger partial charge in [0.25, 0.3) is 0 Å². The molecule has 0 aliphatic rings. The number of likely N-dealkylation sites (N-methyl/N-ethyl adjacent to an activating group) is 1. The van der Waals surface area contributed by atoms with Gasteiger partial charge in [0, 0.05) is 6.04 Å². The molecular formula is C14H22FN. The first-order valence-corrected chi connectivity index (χ1v) is 6.03. The first-order valence-electron chi connectivity index (χ1n) is 6.03. The number of halogens is 1. The van der Waals surface area contributed by atoms with Crippen molar-refractivity contribution in [3.8, 4) is 0 Å². The minimum atomic E-state index is -0.160. The molecule has 0 aliphatic carbocycles. The summed E-state index contributed by atoms with van der Waals surface area (Å²) in [6.07, 6.45) is 3.38. The molecule has 1 aromatic carbocycles. The molecule has 1 atom stereocenters. The van der Waals surface area contributed by atoms with E-state index in [-0.39, 0.29) is 5.82 Å². The zero-order chi connectivity index (χ0) is 12.0. The van der Waals surface area contributed by atoms with Gasteiger partial charge in [-0.2, -0.15) is 0 Å². The molecule has 1 nitrogen and oxygen atoms in total. The maximum atomic E-state index is 12.7. The van der Waals surface area contributed by atoms with Crippen molar-refractivity contribution in [3.05, 3.63) is 35.6 Å². The van der Waals surface area contributed by atoms with E-state index < -0.39 is 0 Å². The van der Waals surface area contributed by atoms with Crippen LogP contribution in [0, 0.1) is 11.7 Å². The maximum Gasteiger partial charge on any atom is 0.123 e. The number of hydrogen-bond acceptors (Lipinski definition) is 1. The molecule has 16 heavy (non-hydrogen) atoms. The lowest BCUT2D eigenvalue weighted by atomic mass is 9.98. The molecule has 0 amide bonds. The Bertz CT molecular complexity index is 292. The fourth-order valence-corrected chi connectivity index (χ4v) is 1.79. The first kappa shape index (κ1) is 13.2. The molecule has 0 radical (unpaired) electrons. The van der Waals surface area contributed by atoms with Crippen LogP contribution in [0.5, 0.6) is 0 Å². The third-order valence-electron chi connectivity index (χ3n) is 2.90. The van der Waals surface area contributed by atoms with Crippen molar-refractivity contribution in [1.82, 2.24) is 5.32 Å². The van der Waals surface area contributed by atoms with Crippen molar-refractivity contribution in [3.63, 3.8) is 0 Å². The zero-order valence-corrected chi connectivity index (χ0v) is 10.5. The molecule has 0 saturated heterocycles. The number of rotatable bonds is 6. The smallest absolute Gasteiger partial charge is 0.123 e. The lowest BCUT2D eigenvalue weighted by Gasteiger charge is -2.17. The predicted octanol–water partition coefficient (Wildman–Crippen LogP) is 3.39. The van der Waals surface area contributed by atoms with Crippen LogP contribution in [0.2, 0.25) is 0 Å². The highest BCUT2D eigenvalue weighted by molar-refractivity contribution is 5.17. The van der Waals surface area contributed by atoms with Crippen LogP contribution >= 0.6 is 0 Å². The van der Waals surface area contributed by atoms with Crippen molar-refractivity contribution in [2.75, 3.05) is 7.05 Å². The fourth-order valence-electron chi connectivity index (χ4n) is 1.79. The van der Waals surface area contributed by atoms with Crippen LogP contribution in [0.15, 0.2) is 24.3 Å². The normalized spacial score (nSPS) is 13.1. The molecule has 0 heterocycles. The Morgan fingerprint density at radius 3 is 2.25 bits per heavy atom. The van der Waals surface area contributed by atoms with Gasteiger partial charge in [0.15, 0.2) is 0 Å². The quantitative estimate of drug-likeness (QED) is 0.779.